The number of methoxy groups -OCH3 is 1. The Kier molecular flexibility index (Phi) is 3.23. The van der Waals surface area contributed by atoms with Crippen molar-refractivity contribution in [1.82, 2.24) is 4.98 Å². The lowest BCUT2D eigenvalue weighted by Gasteiger charge is -2.12. The largest absolute Gasteiger partial charge is 0.497 e. The van der Waals surface area contributed by atoms with Crippen LogP contribution in [0.2, 0.25) is 0 Å². The summed E-state index contributed by atoms with van der Waals surface area (Å²) in [5, 5.41) is 3.49. The van der Waals surface area contributed by atoms with Gasteiger partial charge in [0, 0.05) is 16.3 Å². The maximum Gasteiger partial charge on any atom is 0.119 e. The third kappa shape index (κ3) is 2.33. The number of aryl methyl sites for hydroxylation is 1. The molecule has 1 heterocycles. The smallest absolute Gasteiger partial charge is 0.119 e. The van der Waals surface area contributed by atoms with Crippen LogP contribution in [0.3, 0.4) is 0 Å². The molecule has 2 nitrogen and oxygen atoms in total. The molecule has 0 N–H and O–H groups in total. The molecular formula is C21H17NO. The van der Waals surface area contributed by atoms with E-state index in [9.17, 15) is 0 Å². The quantitative estimate of drug-likeness (QED) is 0.464. The summed E-state index contributed by atoms with van der Waals surface area (Å²) in [4.78, 5) is 4.93. The average Bonchev–Trinajstić information content (AvgIpc) is 2.61. The van der Waals surface area contributed by atoms with Gasteiger partial charge in [-0.2, -0.15) is 0 Å². The van der Waals surface area contributed by atoms with Gasteiger partial charge in [-0.05, 0) is 42.6 Å². The molecule has 3 aromatic carbocycles. The number of nitrogens with zero attached hydrogens (tertiary/aromatic N) is 1. The molecule has 0 saturated carbocycles. The Labute approximate surface area is 135 Å². The monoisotopic (exact) mass is 299 g/mol. The highest BCUT2D eigenvalue weighted by Gasteiger charge is 2.11. The number of ether oxygens (including phenoxy) is 1. The van der Waals surface area contributed by atoms with Gasteiger partial charge < -0.3 is 4.74 Å². The highest BCUT2D eigenvalue weighted by Crippen LogP contribution is 2.34. The molecule has 112 valence electrons. The molecule has 0 bridgehead atoms. The Hall–Kier alpha value is -2.87. The summed E-state index contributed by atoms with van der Waals surface area (Å²) in [6, 6.07) is 22.9. The van der Waals surface area contributed by atoms with E-state index in [0.717, 1.165) is 27.9 Å². The molecule has 0 atom stereocenters. The first-order chi connectivity index (χ1) is 11.3. The molecule has 0 amide bonds. The second kappa shape index (κ2) is 5.40. The van der Waals surface area contributed by atoms with Crippen LogP contribution in [0.15, 0.2) is 66.7 Å². The van der Waals surface area contributed by atoms with E-state index in [1.165, 1.54) is 16.3 Å². The highest BCUT2D eigenvalue weighted by atomic mass is 16.5. The SMILES string of the molecule is COc1ccc2c(-c3ccccc3)nc3ccc(C)cc3c2c1. The number of hydrogen-bond donors (Lipinski definition) is 0. The van der Waals surface area contributed by atoms with E-state index in [1.54, 1.807) is 7.11 Å². The van der Waals surface area contributed by atoms with Crippen LogP contribution in [0.25, 0.3) is 32.9 Å². The van der Waals surface area contributed by atoms with E-state index in [2.05, 4.69) is 49.4 Å². The van der Waals surface area contributed by atoms with E-state index >= 15 is 0 Å². The van der Waals surface area contributed by atoms with Gasteiger partial charge >= 0.3 is 0 Å². The van der Waals surface area contributed by atoms with Gasteiger partial charge in [-0.1, -0.05) is 42.0 Å². The van der Waals surface area contributed by atoms with Gasteiger partial charge in [-0.3, -0.25) is 0 Å². The molecule has 4 rings (SSSR count). The van der Waals surface area contributed by atoms with Crippen molar-refractivity contribution in [3.63, 3.8) is 0 Å². The van der Waals surface area contributed by atoms with E-state index in [4.69, 9.17) is 9.72 Å². The van der Waals surface area contributed by atoms with Crippen LogP contribution in [0.1, 0.15) is 5.56 Å². The Bertz CT molecular complexity index is 1010. The summed E-state index contributed by atoms with van der Waals surface area (Å²) < 4.78 is 5.43. The summed E-state index contributed by atoms with van der Waals surface area (Å²) in [6.07, 6.45) is 0. The van der Waals surface area contributed by atoms with Crippen molar-refractivity contribution >= 4 is 21.7 Å². The zero-order valence-corrected chi connectivity index (χ0v) is 13.2. The topological polar surface area (TPSA) is 22.1 Å². The maximum atomic E-state index is 5.43. The molecule has 23 heavy (non-hydrogen) atoms. The number of pyridine rings is 1. The zero-order valence-electron chi connectivity index (χ0n) is 13.2. The van der Waals surface area contributed by atoms with Crippen molar-refractivity contribution in [2.24, 2.45) is 0 Å². The second-order valence-electron chi connectivity index (χ2n) is 5.76. The fraction of sp³-hybridized carbons (Fsp3) is 0.0952. The normalized spacial score (nSPS) is 11.0. The van der Waals surface area contributed by atoms with Crippen molar-refractivity contribution in [2.45, 2.75) is 6.92 Å². The molecule has 0 spiro atoms. The summed E-state index contributed by atoms with van der Waals surface area (Å²) in [6.45, 7) is 2.11. The summed E-state index contributed by atoms with van der Waals surface area (Å²) in [5.41, 5.74) is 4.39. The summed E-state index contributed by atoms with van der Waals surface area (Å²) in [5.74, 6) is 0.866. The van der Waals surface area contributed by atoms with Gasteiger partial charge in [-0.25, -0.2) is 4.98 Å². The number of rotatable bonds is 2. The van der Waals surface area contributed by atoms with Gasteiger partial charge in [0.2, 0.25) is 0 Å². The lowest BCUT2D eigenvalue weighted by Crippen LogP contribution is -1.91. The standard InChI is InChI=1S/C21H17NO/c1-14-8-11-20-19(12-14)18-13-16(23-2)9-10-17(18)21(22-20)15-6-4-3-5-7-15/h3-13H,1-2H3. The first kappa shape index (κ1) is 13.8. The van der Waals surface area contributed by atoms with Gasteiger partial charge in [0.15, 0.2) is 0 Å². The molecular weight excluding hydrogens is 282 g/mol. The third-order valence-electron chi connectivity index (χ3n) is 4.20. The third-order valence-corrected chi connectivity index (χ3v) is 4.20. The molecule has 0 aliphatic carbocycles. The van der Waals surface area contributed by atoms with Crippen molar-refractivity contribution in [3.8, 4) is 17.0 Å². The molecule has 4 aromatic rings. The number of fused-ring (bicyclic) bond motifs is 3. The van der Waals surface area contributed by atoms with E-state index in [-0.39, 0.29) is 0 Å². The van der Waals surface area contributed by atoms with Crippen molar-refractivity contribution in [3.05, 3.63) is 72.3 Å². The molecule has 0 saturated heterocycles. The summed E-state index contributed by atoms with van der Waals surface area (Å²) in [7, 11) is 1.70. The van der Waals surface area contributed by atoms with E-state index in [0.29, 0.717) is 0 Å². The first-order valence-corrected chi connectivity index (χ1v) is 7.70. The first-order valence-electron chi connectivity index (χ1n) is 7.70. The molecule has 0 fully saturated rings. The van der Waals surface area contributed by atoms with Gasteiger partial charge in [-0.15, -0.1) is 0 Å². The van der Waals surface area contributed by atoms with Crippen LogP contribution in [0, 0.1) is 6.92 Å². The van der Waals surface area contributed by atoms with Crippen molar-refractivity contribution in [2.75, 3.05) is 7.11 Å². The average molecular weight is 299 g/mol. The lowest BCUT2D eigenvalue weighted by atomic mass is 9.99. The number of benzene rings is 3. The van der Waals surface area contributed by atoms with Crippen LogP contribution in [0.4, 0.5) is 0 Å². The predicted molar refractivity (Wildman–Crippen MR) is 96.0 cm³/mol. The highest BCUT2D eigenvalue weighted by molar-refractivity contribution is 6.11. The van der Waals surface area contributed by atoms with Gasteiger partial charge in [0.25, 0.3) is 0 Å². The minimum absolute atomic E-state index is 0.866. The Morgan fingerprint density at radius 2 is 1.61 bits per heavy atom. The Balaban J connectivity index is 2.16. The fourth-order valence-electron chi connectivity index (χ4n) is 3.04. The van der Waals surface area contributed by atoms with E-state index in [1.807, 2.05) is 24.3 Å². The van der Waals surface area contributed by atoms with Crippen LogP contribution in [-0.2, 0) is 0 Å². The minimum Gasteiger partial charge on any atom is -0.497 e. The Morgan fingerprint density at radius 1 is 0.783 bits per heavy atom. The van der Waals surface area contributed by atoms with Crippen molar-refractivity contribution < 1.29 is 4.74 Å². The molecule has 0 aliphatic heterocycles. The number of hydrogen-bond acceptors (Lipinski definition) is 2. The van der Waals surface area contributed by atoms with Gasteiger partial charge in [0.1, 0.15) is 5.75 Å². The number of aromatic nitrogens is 1. The lowest BCUT2D eigenvalue weighted by molar-refractivity contribution is 0.415. The predicted octanol–water partition coefficient (Wildman–Crippen LogP) is 5.37. The maximum absolute atomic E-state index is 5.43. The van der Waals surface area contributed by atoms with Crippen LogP contribution >= 0.6 is 0 Å². The molecule has 2 heteroatoms. The van der Waals surface area contributed by atoms with Crippen LogP contribution in [-0.4, -0.2) is 12.1 Å². The Morgan fingerprint density at radius 3 is 2.39 bits per heavy atom. The summed E-state index contributed by atoms with van der Waals surface area (Å²) >= 11 is 0. The van der Waals surface area contributed by atoms with Crippen LogP contribution < -0.4 is 4.74 Å². The van der Waals surface area contributed by atoms with Crippen molar-refractivity contribution in [1.29, 1.82) is 0 Å². The molecule has 0 aliphatic rings. The molecule has 0 unspecified atom stereocenters. The zero-order chi connectivity index (χ0) is 15.8. The minimum atomic E-state index is 0.866. The van der Waals surface area contributed by atoms with Gasteiger partial charge in [0.05, 0.1) is 18.3 Å². The second-order valence-corrected chi connectivity index (χ2v) is 5.76. The van der Waals surface area contributed by atoms with E-state index < -0.39 is 0 Å². The molecule has 0 radical (unpaired) electrons. The fourth-order valence-corrected chi connectivity index (χ4v) is 3.04. The molecule has 1 aromatic heterocycles. The van der Waals surface area contributed by atoms with Crippen LogP contribution in [0.5, 0.6) is 5.75 Å².